The third-order valence-corrected chi connectivity index (χ3v) is 6.63. The van der Waals surface area contributed by atoms with Gasteiger partial charge in [-0.25, -0.2) is 14.5 Å². The maximum atomic E-state index is 13.2. The first-order valence-electron chi connectivity index (χ1n) is 10.8. The van der Waals surface area contributed by atoms with Gasteiger partial charge in [0, 0.05) is 31.7 Å². The van der Waals surface area contributed by atoms with Crippen LogP contribution in [-0.2, 0) is 4.74 Å². The van der Waals surface area contributed by atoms with Gasteiger partial charge in [-0.1, -0.05) is 17.4 Å². The number of nitrogens with zero attached hydrogens (tertiary/aromatic N) is 7. The fourth-order valence-electron chi connectivity index (χ4n) is 3.82. The van der Waals surface area contributed by atoms with E-state index in [0.29, 0.717) is 47.1 Å². The van der Waals surface area contributed by atoms with Gasteiger partial charge in [-0.2, -0.15) is 10.1 Å². The molecular formula is C23H20N8O2S. The van der Waals surface area contributed by atoms with Gasteiger partial charge >= 0.3 is 0 Å². The number of ether oxygens (including phenoxy) is 1. The molecule has 1 fully saturated rings. The van der Waals surface area contributed by atoms with Crippen molar-refractivity contribution in [3.05, 3.63) is 60.2 Å². The molecule has 6 heterocycles. The lowest BCUT2D eigenvalue weighted by atomic mass is 10.2. The Morgan fingerprint density at radius 2 is 2.03 bits per heavy atom. The molecule has 1 saturated heterocycles. The van der Waals surface area contributed by atoms with E-state index in [1.807, 2.05) is 25.1 Å². The van der Waals surface area contributed by atoms with Crippen molar-refractivity contribution in [1.29, 1.82) is 0 Å². The average Bonchev–Trinajstić information content (AvgIpc) is 3.49. The van der Waals surface area contributed by atoms with Crippen molar-refractivity contribution in [1.82, 2.24) is 29.5 Å². The van der Waals surface area contributed by atoms with Crippen LogP contribution in [0.4, 0.5) is 10.8 Å². The molecule has 0 aliphatic carbocycles. The lowest BCUT2D eigenvalue weighted by Crippen LogP contribution is -2.36. The summed E-state index contributed by atoms with van der Waals surface area (Å²) in [4.78, 5) is 33.8. The minimum atomic E-state index is -0.318. The first kappa shape index (κ1) is 20.6. The Bertz CT molecular complexity index is 1510. The highest BCUT2D eigenvalue weighted by Crippen LogP contribution is 2.35. The van der Waals surface area contributed by atoms with Crippen molar-refractivity contribution in [2.24, 2.45) is 0 Å². The highest BCUT2D eigenvalue weighted by molar-refractivity contribution is 7.22. The van der Waals surface area contributed by atoms with Crippen molar-refractivity contribution >= 4 is 44.1 Å². The smallest absolute Gasteiger partial charge is 0.261 e. The summed E-state index contributed by atoms with van der Waals surface area (Å²) in [7, 11) is 0. The lowest BCUT2D eigenvalue weighted by Gasteiger charge is -2.25. The van der Waals surface area contributed by atoms with Crippen molar-refractivity contribution in [3.63, 3.8) is 0 Å². The lowest BCUT2D eigenvalue weighted by molar-refractivity contribution is 0.102. The summed E-state index contributed by atoms with van der Waals surface area (Å²) in [6.45, 7) is 4.91. The van der Waals surface area contributed by atoms with Gasteiger partial charge in [-0.3, -0.25) is 9.78 Å². The highest BCUT2D eigenvalue weighted by Gasteiger charge is 2.21. The number of morpholine rings is 1. The monoisotopic (exact) mass is 472 g/mol. The SMILES string of the molecule is Cc1ccc(-c2nc3nc(N4CCOCC4)sc3cc2NC(=O)c2cnn3cccnc23)nc1. The Kier molecular flexibility index (Phi) is 5.12. The molecule has 6 rings (SSSR count). The summed E-state index contributed by atoms with van der Waals surface area (Å²) < 4.78 is 7.91. The molecule has 11 heteroatoms. The van der Waals surface area contributed by atoms with E-state index >= 15 is 0 Å². The maximum absolute atomic E-state index is 13.2. The normalized spacial score (nSPS) is 14.1. The molecule has 0 aromatic carbocycles. The Morgan fingerprint density at radius 1 is 1.15 bits per heavy atom. The van der Waals surface area contributed by atoms with Gasteiger partial charge in [0.05, 0.1) is 35.5 Å². The number of fused-ring (bicyclic) bond motifs is 2. The van der Waals surface area contributed by atoms with Crippen LogP contribution in [0.15, 0.2) is 49.1 Å². The number of anilines is 2. The second kappa shape index (κ2) is 8.43. The number of pyridine rings is 2. The van der Waals surface area contributed by atoms with Gasteiger partial charge in [-0.15, -0.1) is 0 Å². The Morgan fingerprint density at radius 3 is 2.85 bits per heavy atom. The van der Waals surface area contributed by atoms with E-state index in [2.05, 4.69) is 25.3 Å². The number of hydrogen-bond acceptors (Lipinski definition) is 9. The summed E-state index contributed by atoms with van der Waals surface area (Å²) in [6, 6.07) is 7.54. The van der Waals surface area contributed by atoms with Gasteiger partial charge in [0.25, 0.3) is 5.91 Å². The summed E-state index contributed by atoms with van der Waals surface area (Å²) in [5.74, 6) is -0.318. The molecule has 1 amide bonds. The summed E-state index contributed by atoms with van der Waals surface area (Å²) in [5, 5.41) is 8.12. The van der Waals surface area contributed by atoms with Crippen LogP contribution >= 0.6 is 11.3 Å². The van der Waals surface area contributed by atoms with E-state index < -0.39 is 0 Å². The van der Waals surface area contributed by atoms with Crippen LogP contribution in [-0.4, -0.2) is 61.8 Å². The van der Waals surface area contributed by atoms with Crippen molar-refractivity contribution < 1.29 is 9.53 Å². The van der Waals surface area contributed by atoms with Gasteiger partial charge in [-0.05, 0) is 30.7 Å². The van der Waals surface area contributed by atoms with E-state index in [1.165, 1.54) is 6.20 Å². The van der Waals surface area contributed by atoms with Crippen LogP contribution in [0, 0.1) is 6.92 Å². The number of rotatable bonds is 4. The molecule has 0 atom stereocenters. The van der Waals surface area contributed by atoms with Crippen molar-refractivity contribution in [2.45, 2.75) is 6.92 Å². The van der Waals surface area contributed by atoms with Crippen LogP contribution in [0.1, 0.15) is 15.9 Å². The number of carbonyl (C=O) groups is 1. The molecule has 1 aliphatic heterocycles. The Hall–Kier alpha value is -3.96. The van der Waals surface area contributed by atoms with E-state index in [9.17, 15) is 4.79 Å². The van der Waals surface area contributed by atoms with E-state index in [1.54, 1.807) is 40.5 Å². The predicted molar refractivity (Wildman–Crippen MR) is 129 cm³/mol. The fourth-order valence-corrected chi connectivity index (χ4v) is 4.82. The zero-order chi connectivity index (χ0) is 23.1. The van der Waals surface area contributed by atoms with Crippen molar-refractivity contribution in [3.8, 4) is 11.4 Å². The second-order valence-corrected chi connectivity index (χ2v) is 8.93. The van der Waals surface area contributed by atoms with Crippen LogP contribution in [0.3, 0.4) is 0 Å². The number of aromatic nitrogens is 6. The molecule has 0 radical (unpaired) electrons. The minimum absolute atomic E-state index is 0.318. The minimum Gasteiger partial charge on any atom is -0.378 e. The van der Waals surface area contributed by atoms with Crippen LogP contribution in [0.2, 0.25) is 0 Å². The summed E-state index contributed by atoms with van der Waals surface area (Å²) >= 11 is 1.55. The molecule has 0 bridgehead atoms. The standard InChI is InChI=1S/C23H20N8O2S/c1-14-3-4-16(25-12-14)19-17(27-22(32)15-13-26-31-6-2-5-24-21(15)31)11-18-20(28-19)29-23(34-18)30-7-9-33-10-8-30/h2-6,11-13H,7-10H2,1H3,(H,27,32). The van der Waals surface area contributed by atoms with Gasteiger partial charge in [0.1, 0.15) is 11.3 Å². The van der Waals surface area contributed by atoms with Crippen LogP contribution in [0.5, 0.6) is 0 Å². The third kappa shape index (κ3) is 3.74. The molecule has 34 heavy (non-hydrogen) atoms. The molecule has 10 nitrogen and oxygen atoms in total. The topological polar surface area (TPSA) is 110 Å². The molecule has 1 aliphatic rings. The van der Waals surface area contributed by atoms with Crippen LogP contribution < -0.4 is 10.2 Å². The molecule has 0 spiro atoms. The number of amides is 1. The zero-order valence-electron chi connectivity index (χ0n) is 18.3. The van der Waals surface area contributed by atoms with E-state index in [-0.39, 0.29) is 5.91 Å². The molecule has 5 aromatic heterocycles. The third-order valence-electron chi connectivity index (χ3n) is 5.58. The Labute approximate surface area is 198 Å². The van der Waals surface area contributed by atoms with Gasteiger partial charge in [0.15, 0.2) is 16.4 Å². The maximum Gasteiger partial charge on any atom is 0.261 e. The molecule has 170 valence electrons. The first-order chi connectivity index (χ1) is 16.7. The second-order valence-electron chi connectivity index (χ2n) is 7.92. The number of thiazole rings is 1. The molecule has 5 aromatic rings. The molecule has 1 N–H and O–H groups in total. The largest absolute Gasteiger partial charge is 0.378 e. The zero-order valence-corrected chi connectivity index (χ0v) is 19.1. The number of carbonyl (C=O) groups excluding carboxylic acids is 1. The highest BCUT2D eigenvalue weighted by atomic mass is 32.1. The van der Waals surface area contributed by atoms with Crippen molar-refractivity contribution in [2.75, 3.05) is 36.5 Å². The van der Waals surface area contributed by atoms with E-state index in [0.717, 1.165) is 28.5 Å². The Balaban J connectivity index is 1.43. The molecular weight excluding hydrogens is 452 g/mol. The fraction of sp³-hybridized carbons (Fsp3) is 0.217. The van der Waals surface area contributed by atoms with Gasteiger partial charge < -0.3 is 15.0 Å². The summed E-state index contributed by atoms with van der Waals surface area (Å²) in [5.41, 5.74) is 4.29. The molecule has 0 unspecified atom stereocenters. The van der Waals surface area contributed by atoms with E-state index in [4.69, 9.17) is 14.7 Å². The predicted octanol–water partition coefficient (Wildman–Crippen LogP) is 3.19. The average molecular weight is 473 g/mol. The summed E-state index contributed by atoms with van der Waals surface area (Å²) in [6.07, 6.45) is 6.67. The van der Waals surface area contributed by atoms with Crippen LogP contribution in [0.25, 0.3) is 27.4 Å². The first-order valence-corrected chi connectivity index (χ1v) is 11.6. The number of aryl methyl sites for hydroxylation is 1. The quantitative estimate of drug-likeness (QED) is 0.425. The molecule has 0 saturated carbocycles. The van der Waals surface area contributed by atoms with Gasteiger partial charge in [0.2, 0.25) is 0 Å². The number of hydrogen-bond donors (Lipinski definition) is 1. The number of nitrogens with one attached hydrogen (secondary N) is 1.